The Morgan fingerprint density at radius 1 is 1.24 bits per heavy atom. The van der Waals surface area contributed by atoms with Crippen LogP contribution in [0.25, 0.3) is 0 Å². The number of hydrogen-bond donors (Lipinski definition) is 1. The molecule has 0 aliphatic heterocycles. The molecule has 0 amide bonds. The molecule has 90 valence electrons. The van der Waals surface area contributed by atoms with Crippen molar-refractivity contribution in [2.75, 3.05) is 11.9 Å². The van der Waals surface area contributed by atoms with Gasteiger partial charge in [0, 0.05) is 35.5 Å². The highest BCUT2D eigenvalue weighted by Crippen LogP contribution is 2.22. The van der Waals surface area contributed by atoms with E-state index in [4.69, 9.17) is 23.2 Å². The second-order valence-electron chi connectivity index (χ2n) is 3.86. The molecule has 0 spiro atoms. The summed E-state index contributed by atoms with van der Waals surface area (Å²) in [5.41, 5.74) is 2.14. The van der Waals surface area contributed by atoms with E-state index in [1.807, 2.05) is 31.6 Å². The van der Waals surface area contributed by atoms with Gasteiger partial charge < -0.3 is 5.32 Å². The summed E-state index contributed by atoms with van der Waals surface area (Å²) in [6.07, 6.45) is 4.79. The minimum absolute atomic E-state index is 0.640. The number of nitrogens with zero attached hydrogens (tertiary/aromatic N) is 2. The molecule has 2 aromatic rings. The predicted molar refractivity (Wildman–Crippen MR) is 71.9 cm³/mol. The second kappa shape index (κ2) is 5.43. The van der Waals surface area contributed by atoms with Crippen molar-refractivity contribution in [3.63, 3.8) is 0 Å². The fourth-order valence-corrected chi connectivity index (χ4v) is 2.13. The molecule has 1 aromatic carbocycles. The third-order valence-electron chi connectivity index (χ3n) is 2.36. The number of anilines is 1. The molecule has 17 heavy (non-hydrogen) atoms. The van der Waals surface area contributed by atoms with Crippen LogP contribution in [0.3, 0.4) is 0 Å². The van der Waals surface area contributed by atoms with Gasteiger partial charge in [0.25, 0.3) is 0 Å². The molecule has 0 saturated carbocycles. The number of aromatic nitrogens is 2. The van der Waals surface area contributed by atoms with Gasteiger partial charge in [0.05, 0.1) is 6.20 Å². The predicted octanol–water partition coefficient (Wildman–Crippen LogP) is 3.38. The molecule has 5 heteroatoms. The van der Waals surface area contributed by atoms with Crippen LogP contribution >= 0.6 is 23.2 Å². The molecule has 1 N–H and O–H groups in total. The largest absolute Gasteiger partial charge is 0.385 e. The SMILES string of the molecule is Cn1cc(CCNc2cc(Cl)cc(Cl)c2)cn1. The van der Waals surface area contributed by atoms with Crippen molar-refractivity contribution in [1.29, 1.82) is 0 Å². The summed E-state index contributed by atoms with van der Waals surface area (Å²) < 4.78 is 1.80. The average Bonchev–Trinajstić information content (AvgIpc) is 2.63. The van der Waals surface area contributed by atoms with Crippen LogP contribution in [0.5, 0.6) is 0 Å². The number of rotatable bonds is 4. The van der Waals surface area contributed by atoms with Crippen LogP contribution in [0.4, 0.5) is 5.69 Å². The summed E-state index contributed by atoms with van der Waals surface area (Å²) >= 11 is 11.8. The molecule has 0 saturated heterocycles. The molecule has 0 bridgehead atoms. The lowest BCUT2D eigenvalue weighted by atomic mass is 10.2. The zero-order valence-electron chi connectivity index (χ0n) is 9.45. The van der Waals surface area contributed by atoms with Gasteiger partial charge in [-0.1, -0.05) is 23.2 Å². The van der Waals surface area contributed by atoms with Crippen molar-refractivity contribution in [2.24, 2.45) is 7.05 Å². The van der Waals surface area contributed by atoms with Gasteiger partial charge in [0.2, 0.25) is 0 Å². The van der Waals surface area contributed by atoms with Crippen LogP contribution in [0.2, 0.25) is 10.0 Å². The van der Waals surface area contributed by atoms with Gasteiger partial charge in [-0.15, -0.1) is 0 Å². The minimum atomic E-state index is 0.640. The lowest BCUT2D eigenvalue weighted by Crippen LogP contribution is -2.04. The van der Waals surface area contributed by atoms with E-state index in [2.05, 4.69) is 10.4 Å². The molecule has 3 nitrogen and oxygen atoms in total. The van der Waals surface area contributed by atoms with Crippen molar-refractivity contribution >= 4 is 28.9 Å². The van der Waals surface area contributed by atoms with E-state index in [0.717, 1.165) is 18.7 Å². The fourth-order valence-electron chi connectivity index (χ4n) is 1.61. The van der Waals surface area contributed by atoms with E-state index in [-0.39, 0.29) is 0 Å². The molecule has 0 atom stereocenters. The van der Waals surface area contributed by atoms with Crippen LogP contribution < -0.4 is 5.32 Å². The Morgan fingerprint density at radius 2 is 1.94 bits per heavy atom. The van der Waals surface area contributed by atoms with Gasteiger partial charge in [0.1, 0.15) is 0 Å². The molecule has 0 aliphatic rings. The van der Waals surface area contributed by atoms with Gasteiger partial charge in [-0.3, -0.25) is 4.68 Å². The Balaban J connectivity index is 1.89. The normalized spacial score (nSPS) is 10.5. The Bertz CT molecular complexity index is 488. The van der Waals surface area contributed by atoms with Gasteiger partial charge in [-0.2, -0.15) is 5.10 Å². The first kappa shape index (κ1) is 12.3. The molecule has 0 fully saturated rings. The lowest BCUT2D eigenvalue weighted by Gasteiger charge is -2.06. The summed E-state index contributed by atoms with van der Waals surface area (Å²) in [6, 6.07) is 5.43. The highest BCUT2D eigenvalue weighted by atomic mass is 35.5. The van der Waals surface area contributed by atoms with Crippen LogP contribution in [0.1, 0.15) is 5.56 Å². The van der Waals surface area contributed by atoms with E-state index >= 15 is 0 Å². The summed E-state index contributed by atoms with van der Waals surface area (Å²) in [4.78, 5) is 0. The summed E-state index contributed by atoms with van der Waals surface area (Å²) in [7, 11) is 1.91. The monoisotopic (exact) mass is 269 g/mol. The van der Waals surface area contributed by atoms with Crippen molar-refractivity contribution in [1.82, 2.24) is 9.78 Å². The zero-order chi connectivity index (χ0) is 12.3. The molecule has 1 heterocycles. The maximum atomic E-state index is 5.91. The summed E-state index contributed by atoms with van der Waals surface area (Å²) in [6.45, 7) is 0.822. The average molecular weight is 270 g/mol. The van der Waals surface area contributed by atoms with Crippen LogP contribution in [0.15, 0.2) is 30.6 Å². The molecule has 1 aromatic heterocycles. The van der Waals surface area contributed by atoms with Gasteiger partial charge in [-0.05, 0) is 30.2 Å². The Kier molecular flexibility index (Phi) is 3.92. The zero-order valence-corrected chi connectivity index (χ0v) is 11.0. The first-order valence-electron chi connectivity index (χ1n) is 5.31. The van der Waals surface area contributed by atoms with Crippen LogP contribution in [-0.4, -0.2) is 16.3 Å². The van der Waals surface area contributed by atoms with Crippen LogP contribution in [0, 0.1) is 0 Å². The molecule has 0 unspecified atom stereocenters. The quantitative estimate of drug-likeness (QED) is 0.923. The third kappa shape index (κ3) is 3.65. The summed E-state index contributed by atoms with van der Waals surface area (Å²) in [5.74, 6) is 0. The van der Waals surface area contributed by atoms with E-state index in [9.17, 15) is 0 Å². The molecule has 2 rings (SSSR count). The van der Waals surface area contributed by atoms with Crippen molar-refractivity contribution in [2.45, 2.75) is 6.42 Å². The van der Waals surface area contributed by atoms with E-state index in [1.165, 1.54) is 5.56 Å². The molecule has 0 aliphatic carbocycles. The van der Waals surface area contributed by atoms with Crippen LogP contribution in [-0.2, 0) is 13.5 Å². The lowest BCUT2D eigenvalue weighted by molar-refractivity contribution is 0.767. The van der Waals surface area contributed by atoms with E-state index in [0.29, 0.717) is 10.0 Å². The first-order valence-corrected chi connectivity index (χ1v) is 6.06. The smallest absolute Gasteiger partial charge is 0.0522 e. The topological polar surface area (TPSA) is 29.9 Å². The third-order valence-corrected chi connectivity index (χ3v) is 2.80. The van der Waals surface area contributed by atoms with Gasteiger partial charge in [0.15, 0.2) is 0 Å². The van der Waals surface area contributed by atoms with Crippen molar-refractivity contribution < 1.29 is 0 Å². The Morgan fingerprint density at radius 3 is 2.53 bits per heavy atom. The summed E-state index contributed by atoms with van der Waals surface area (Å²) in [5, 5.41) is 8.68. The maximum absolute atomic E-state index is 5.91. The van der Waals surface area contributed by atoms with Gasteiger partial charge in [-0.25, -0.2) is 0 Å². The number of aryl methyl sites for hydroxylation is 1. The number of benzene rings is 1. The fraction of sp³-hybridized carbons (Fsp3) is 0.250. The van der Waals surface area contributed by atoms with E-state index in [1.54, 1.807) is 10.7 Å². The Labute approximate surface area is 110 Å². The number of halogens is 2. The van der Waals surface area contributed by atoms with E-state index < -0.39 is 0 Å². The maximum Gasteiger partial charge on any atom is 0.0522 e. The standard InChI is InChI=1S/C12H13Cl2N3/c1-17-8-9(7-16-17)2-3-15-12-5-10(13)4-11(14)6-12/h4-8,15H,2-3H2,1H3. The number of hydrogen-bond acceptors (Lipinski definition) is 2. The minimum Gasteiger partial charge on any atom is -0.385 e. The van der Waals surface area contributed by atoms with Crippen molar-refractivity contribution in [3.05, 3.63) is 46.2 Å². The second-order valence-corrected chi connectivity index (χ2v) is 4.73. The van der Waals surface area contributed by atoms with Gasteiger partial charge >= 0.3 is 0 Å². The molecule has 0 radical (unpaired) electrons. The molecular weight excluding hydrogens is 257 g/mol. The Hall–Kier alpha value is -1.19. The highest BCUT2D eigenvalue weighted by Gasteiger charge is 1.99. The van der Waals surface area contributed by atoms with Crippen molar-refractivity contribution in [3.8, 4) is 0 Å². The first-order chi connectivity index (χ1) is 8.13. The molecular formula is C12H13Cl2N3. The number of nitrogens with one attached hydrogen (secondary N) is 1. The highest BCUT2D eigenvalue weighted by molar-refractivity contribution is 6.35.